The van der Waals surface area contributed by atoms with Gasteiger partial charge in [-0.3, -0.25) is 9.52 Å². The summed E-state index contributed by atoms with van der Waals surface area (Å²) in [4.78, 5) is 24.0. The van der Waals surface area contributed by atoms with Crippen LogP contribution in [0.4, 0.5) is 5.69 Å². The van der Waals surface area contributed by atoms with E-state index >= 15 is 0 Å². The molecule has 0 aromatic heterocycles. The summed E-state index contributed by atoms with van der Waals surface area (Å²) in [5, 5.41) is 0.265. The zero-order valence-electron chi connectivity index (χ0n) is 18.3. The molecule has 9 heteroatoms. The van der Waals surface area contributed by atoms with Crippen LogP contribution in [0.15, 0.2) is 112 Å². The Morgan fingerprint density at radius 1 is 1.00 bits per heavy atom. The predicted molar refractivity (Wildman–Crippen MR) is 137 cm³/mol. The van der Waals surface area contributed by atoms with Gasteiger partial charge in [-0.15, -0.1) is 0 Å². The van der Waals surface area contributed by atoms with E-state index in [0.717, 1.165) is 11.1 Å². The molecule has 2 aliphatic rings. The number of hydrogen-bond acceptors (Lipinski definition) is 4. The number of amides is 1. The monoisotopic (exact) mass is 502 g/mol. The number of aliphatic imine (C=N–C) groups is 2. The van der Waals surface area contributed by atoms with Crippen LogP contribution in [0.2, 0.25) is 5.02 Å². The summed E-state index contributed by atoms with van der Waals surface area (Å²) in [7, 11) is -3.98. The molecule has 0 saturated heterocycles. The number of para-hydroxylation sites is 1. The van der Waals surface area contributed by atoms with Crippen molar-refractivity contribution in [1.82, 2.24) is 4.90 Å². The molecular formula is C26H19ClN4O3S. The Morgan fingerprint density at radius 3 is 2.66 bits per heavy atom. The van der Waals surface area contributed by atoms with Gasteiger partial charge in [-0.05, 0) is 48.0 Å². The molecule has 0 atom stereocenters. The molecule has 0 bridgehead atoms. The Morgan fingerprint density at radius 2 is 1.80 bits per heavy atom. The highest BCUT2D eigenvalue weighted by molar-refractivity contribution is 7.92. The lowest BCUT2D eigenvalue weighted by molar-refractivity contribution is 0.100. The zero-order valence-corrected chi connectivity index (χ0v) is 19.9. The topological polar surface area (TPSA) is 91.2 Å². The van der Waals surface area contributed by atoms with E-state index in [1.807, 2.05) is 53.6 Å². The lowest BCUT2D eigenvalue weighted by Gasteiger charge is -2.20. The fraction of sp³-hybridized carbons (Fsp3) is 0.0385. The minimum absolute atomic E-state index is 0.0809. The normalized spacial score (nSPS) is 15.7. The Bertz CT molecular complexity index is 1560. The van der Waals surface area contributed by atoms with Crippen molar-refractivity contribution in [2.45, 2.75) is 11.4 Å². The molecule has 3 aromatic rings. The number of sulfonamides is 1. The first-order valence-corrected chi connectivity index (χ1v) is 12.6. The Balaban J connectivity index is 1.50. The Hall–Kier alpha value is -4.01. The standard InChI is InChI=1S/C26H19ClN4O3S/c27-22-12-3-4-13-23(22)30-35(33,34)20-10-7-9-18(16-20)26(32)29-25-21-11-2-1-8-19(21)17-31-15-6-5-14-24(31)28-25/h1-16,30H,17H2. The maximum Gasteiger partial charge on any atom is 0.279 e. The molecule has 5 rings (SSSR count). The van der Waals surface area contributed by atoms with E-state index in [1.165, 1.54) is 24.3 Å². The number of amidine groups is 2. The fourth-order valence-corrected chi connectivity index (χ4v) is 5.09. The van der Waals surface area contributed by atoms with Crippen molar-refractivity contribution < 1.29 is 13.2 Å². The van der Waals surface area contributed by atoms with Crippen LogP contribution in [0.5, 0.6) is 0 Å². The summed E-state index contributed by atoms with van der Waals surface area (Å²) in [6.07, 6.45) is 7.54. The Kier molecular flexibility index (Phi) is 6.07. The fourth-order valence-electron chi connectivity index (χ4n) is 3.72. The number of benzene rings is 3. The third-order valence-electron chi connectivity index (χ3n) is 5.45. The average Bonchev–Trinajstić information content (AvgIpc) is 3.02. The number of carbonyl (C=O) groups excluding carboxylic acids is 1. The van der Waals surface area contributed by atoms with E-state index in [9.17, 15) is 13.2 Å². The maximum absolute atomic E-state index is 13.1. The first-order valence-electron chi connectivity index (χ1n) is 10.7. The number of hydrogen-bond donors (Lipinski definition) is 1. The van der Waals surface area contributed by atoms with Gasteiger partial charge in [0, 0.05) is 23.9 Å². The van der Waals surface area contributed by atoms with Crippen molar-refractivity contribution in [3.05, 3.63) is 119 Å². The predicted octanol–water partition coefficient (Wildman–Crippen LogP) is 5.03. The van der Waals surface area contributed by atoms with Gasteiger partial charge in [0.15, 0.2) is 5.84 Å². The summed E-state index contributed by atoms with van der Waals surface area (Å²) in [6.45, 7) is 0.588. The van der Waals surface area contributed by atoms with Crippen molar-refractivity contribution in [3.8, 4) is 0 Å². The summed E-state index contributed by atoms with van der Waals surface area (Å²) in [5.41, 5.74) is 2.08. The smallest absolute Gasteiger partial charge is 0.279 e. The van der Waals surface area contributed by atoms with Crippen molar-refractivity contribution in [2.75, 3.05) is 4.72 Å². The van der Waals surface area contributed by atoms with Crippen LogP contribution >= 0.6 is 11.6 Å². The van der Waals surface area contributed by atoms with Crippen LogP contribution in [0.25, 0.3) is 0 Å². The van der Waals surface area contributed by atoms with Gasteiger partial charge in [-0.2, -0.15) is 4.99 Å². The highest BCUT2D eigenvalue weighted by Crippen LogP contribution is 2.25. The third kappa shape index (κ3) is 4.80. The molecule has 2 aliphatic heterocycles. The molecule has 3 aromatic carbocycles. The maximum atomic E-state index is 13.1. The molecule has 0 radical (unpaired) electrons. The van der Waals surface area contributed by atoms with Crippen LogP contribution in [-0.4, -0.2) is 30.9 Å². The minimum atomic E-state index is -3.98. The molecule has 0 aliphatic carbocycles. The molecule has 1 amide bonds. The molecule has 7 nitrogen and oxygen atoms in total. The Labute approximate surface area is 207 Å². The van der Waals surface area contributed by atoms with E-state index < -0.39 is 15.9 Å². The summed E-state index contributed by atoms with van der Waals surface area (Å²) in [5.74, 6) is 0.332. The molecule has 0 fully saturated rings. The first kappa shape index (κ1) is 22.8. The summed E-state index contributed by atoms with van der Waals surface area (Å²) in [6, 6.07) is 19.8. The highest BCUT2D eigenvalue weighted by atomic mass is 35.5. The van der Waals surface area contributed by atoms with E-state index in [4.69, 9.17) is 11.6 Å². The van der Waals surface area contributed by atoms with E-state index in [0.29, 0.717) is 12.4 Å². The number of nitrogens with zero attached hydrogens (tertiary/aromatic N) is 3. The second kappa shape index (κ2) is 9.32. The second-order valence-corrected chi connectivity index (χ2v) is 9.90. The summed E-state index contributed by atoms with van der Waals surface area (Å²) < 4.78 is 28.3. The quantitative estimate of drug-likeness (QED) is 0.542. The minimum Gasteiger partial charge on any atom is -0.329 e. The number of rotatable bonds is 4. The SMILES string of the molecule is O=C(N=C1N=C2C=CC=CN2Cc2ccccc21)c1cccc(S(=O)(=O)Nc2ccccc2Cl)c1. The summed E-state index contributed by atoms with van der Waals surface area (Å²) >= 11 is 6.09. The number of carbonyl (C=O) groups is 1. The van der Waals surface area contributed by atoms with Gasteiger partial charge in [0.25, 0.3) is 15.9 Å². The van der Waals surface area contributed by atoms with E-state index in [1.54, 1.807) is 24.3 Å². The average molecular weight is 503 g/mol. The highest BCUT2D eigenvalue weighted by Gasteiger charge is 2.22. The van der Waals surface area contributed by atoms with Crippen LogP contribution < -0.4 is 4.72 Å². The van der Waals surface area contributed by atoms with Gasteiger partial charge in [0.2, 0.25) is 0 Å². The number of fused-ring (bicyclic) bond motifs is 2. The number of halogens is 1. The molecule has 35 heavy (non-hydrogen) atoms. The van der Waals surface area contributed by atoms with Gasteiger partial charge in [0.1, 0.15) is 5.84 Å². The number of allylic oxidation sites excluding steroid dienone is 2. The van der Waals surface area contributed by atoms with Gasteiger partial charge in [-0.25, -0.2) is 13.4 Å². The first-order chi connectivity index (χ1) is 16.9. The molecular weight excluding hydrogens is 484 g/mol. The number of nitrogens with one attached hydrogen (secondary N) is 1. The van der Waals surface area contributed by atoms with Gasteiger partial charge in [-0.1, -0.05) is 60.1 Å². The molecule has 0 saturated carbocycles. The molecule has 2 heterocycles. The van der Waals surface area contributed by atoms with Crippen LogP contribution in [0.3, 0.4) is 0 Å². The van der Waals surface area contributed by atoms with Gasteiger partial charge in [0.05, 0.1) is 15.6 Å². The lowest BCUT2D eigenvalue weighted by Crippen LogP contribution is -2.24. The van der Waals surface area contributed by atoms with Crippen LogP contribution in [-0.2, 0) is 16.6 Å². The zero-order chi connectivity index (χ0) is 24.4. The van der Waals surface area contributed by atoms with Crippen LogP contribution in [0.1, 0.15) is 21.5 Å². The molecule has 174 valence electrons. The third-order valence-corrected chi connectivity index (χ3v) is 7.15. The molecule has 1 N–H and O–H groups in total. The lowest BCUT2D eigenvalue weighted by atomic mass is 10.1. The molecule has 0 spiro atoms. The van der Waals surface area contributed by atoms with E-state index in [2.05, 4.69) is 14.7 Å². The largest absolute Gasteiger partial charge is 0.329 e. The van der Waals surface area contributed by atoms with Crippen molar-refractivity contribution in [3.63, 3.8) is 0 Å². The second-order valence-electron chi connectivity index (χ2n) is 7.81. The van der Waals surface area contributed by atoms with Crippen LogP contribution in [0, 0.1) is 0 Å². The molecule has 0 unspecified atom stereocenters. The van der Waals surface area contributed by atoms with Crippen molar-refractivity contribution in [1.29, 1.82) is 0 Å². The number of anilines is 1. The van der Waals surface area contributed by atoms with Gasteiger partial charge >= 0.3 is 0 Å². The van der Waals surface area contributed by atoms with Crippen molar-refractivity contribution in [2.24, 2.45) is 9.98 Å². The van der Waals surface area contributed by atoms with Gasteiger partial charge < -0.3 is 4.90 Å². The van der Waals surface area contributed by atoms with Crippen molar-refractivity contribution >= 4 is 44.9 Å². The van der Waals surface area contributed by atoms with E-state index in [-0.39, 0.29) is 27.0 Å².